The number of amides is 1. The van der Waals surface area contributed by atoms with Crippen molar-refractivity contribution in [1.29, 1.82) is 0 Å². The number of ether oxygens (including phenoxy) is 1. The number of hydrogen-bond acceptors (Lipinski definition) is 5. The number of fused-ring (bicyclic) bond motifs is 1. The fraction of sp³-hybridized carbons (Fsp3) is 0.647. The standard InChI is InChI=1S/C17H24N6O2/c24-17(16-11-23(22-21-16)10-12-5-4-8-25-12)18-9-15-13-6-2-1-3-7-14(13)19-20-15/h11-12H,1-10H2,(H,18,24)(H,19,20)/t12-/m0/s1. The molecule has 0 spiro atoms. The molecule has 1 aliphatic heterocycles. The molecule has 3 heterocycles. The van der Waals surface area contributed by atoms with Crippen molar-refractivity contribution in [3.63, 3.8) is 0 Å². The maximum Gasteiger partial charge on any atom is 0.273 e. The molecule has 4 rings (SSSR count). The lowest BCUT2D eigenvalue weighted by Gasteiger charge is -2.07. The summed E-state index contributed by atoms with van der Waals surface area (Å²) in [4.78, 5) is 12.3. The molecular weight excluding hydrogens is 320 g/mol. The molecule has 8 nitrogen and oxygen atoms in total. The number of nitrogens with one attached hydrogen (secondary N) is 2. The first kappa shape index (κ1) is 16.3. The molecule has 2 aromatic rings. The Morgan fingerprint density at radius 3 is 3.12 bits per heavy atom. The normalized spacial score (nSPS) is 20.2. The molecule has 1 amide bonds. The summed E-state index contributed by atoms with van der Waals surface area (Å²) < 4.78 is 7.27. The number of carbonyl (C=O) groups is 1. The van der Waals surface area contributed by atoms with Gasteiger partial charge in [0, 0.05) is 12.3 Å². The van der Waals surface area contributed by atoms with E-state index in [9.17, 15) is 4.79 Å². The summed E-state index contributed by atoms with van der Waals surface area (Å²) in [7, 11) is 0. The van der Waals surface area contributed by atoms with E-state index in [1.807, 2.05) is 0 Å². The van der Waals surface area contributed by atoms with E-state index in [1.165, 1.54) is 30.5 Å². The third-order valence-electron chi connectivity index (χ3n) is 4.99. The number of carbonyl (C=O) groups excluding carboxylic acids is 1. The van der Waals surface area contributed by atoms with Crippen molar-refractivity contribution < 1.29 is 9.53 Å². The minimum Gasteiger partial charge on any atom is -0.376 e. The number of rotatable bonds is 5. The van der Waals surface area contributed by atoms with Gasteiger partial charge in [-0.2, -0.15) is 5.10 Å². The Labute approximate surface area is 146 Å². The fourth-order valence-corrected chi connectivity index (χ4v) is 3.62. The van der Waals surface area contributed by atoms with Gasteiger partial charge in [-0.1, -0.05) is 11.6 Å². The number of hydrogen-bond donors (Lipinski definition) is 2. The van der Waals surface area contributed by atoms with Crippen molar-refractivity contribution in [2.45, 2.75) is 64.1 Å². The molecule has 2 aromatic heterocycles. The van der Waals surface area contributed by atoms with Crippen molar-refractivity contribution in [3.05, 3.63) is 28.8 Å². The molecule has 1 fully saturated rings. The van der Waals surface area contributed by atoms with E-state index in [0.29, 0.717) is 18.8 Å². The highest BCUT2D eigenvalue weighted by Crippen LogP contribution is 2.21. The molecule has 0 aromatic carbocycles. The van der Waals surface area contributed by atoms with E-state index < -0.39 is 0 Å². The Morgan fingerprint density at radius 2 is 2.24 bits per heavy atom. The van der Waals surface area contributed by atoms with Gasteiger partial charge in [0.25, 0.3) is 5.91 Å². The van der Waals surface area contributed by atoms with Crippen LogP contribution in [0.15, 0.2) is 6.20 Å². The van der Waals surface area contributed by atoms with Crippen LogP contribution < -0.4 is 5.32 Å². The average Bonchev–Trinajstić information content (AvgIpc) is 3.33. The van der Waals surface area contributed by atoms with Gasteiger partial charge in [0.15, 0.2) is 5.69 Å². The van der Waals surface area contributed by atoms with Crippen LogP contribution in [0.4, 0.5) is 0 Å². The molecule has 1 atom stereocenters. The van der Waals surface area contributed by atoms with Crippen LogP contribution in [0.3, 0.4) is 0 Å². The average molecular weight is 344 g/mol. The Balaban J connectivity index is 1.34. The summed E-state index contributed by atoms with van der Waals surface area (Å²) in [6.45, 7) is 1.87. The second kappa shape index (κ2) is 7.35. The predicted molar refractivity (Wildman–Crippen MR) is 90.0 cm³/mol. The van der Waals surface area contributed by atoms with Crippen molar-refractivity contribution in [1.82, 2.24) is 30.5 Å². The highest BCUT2D eigenvalue weighted by molar-refractivity contribution is 5.91. The minimum absolute atomic E-state index is 0.178. The molecule has 8 heteroatoms. The molecule has 0 bridgehead atoms. The van der Waals surface area contributed by atoms with E-state index in [2.05, 4.69) is 25.8 Å². The van der Waals surface area contributed by atoms with Gasteiger partial charge < -0.3 is 10.1 Å². The maximum atomic E-state index is 12.3. The Kier molecular flexibility index (Phi) is 4.78. The second-order valence-electron chi connectivity index (χ2n) is 6.83. The lowest BCUT2D eigenvalue weighted by atomic mass is 10.1. The van der Waals surface area contributed by atoms with Crippen LogP contribution in [0.25, 0.3) is 0 Å². The lowest BCUT2D eigenvalue weighted by Crippen LogP contribution is -2.24. The molecule has 0 saturated carbocycles. The summed E-state index contributed by atoms with van der Waals surface area (Å²) in [6, 6.07) is 0. The number of H-pyrrole nitrogens is 1. The van der Waals surface area contributed by atoms with Gasteiger partial charge in [0.2, 0.25) is 0 Å². The van der Waals surface area contributed by atoms with Crippen molar-refractivity contribution >= 4 is 5.91 Å². The molecule has 1 saturated heterocycles. The molecule has 25 heavy (non-hydrogen) atoms. The largest absolute Gasteiger partial charge is 0.376 e. The highest BCUT2D eigenvalue weighted by atomic mass is 16.5. The summed E-state index contributed by atoms with van der Waals surface area (Å²) in [5.74, 6) is -0.219. The zero-order valence-corrected chi connectivity index (χ0v) is 14.3. The number of aromatic amines is 1. The third kappa shape index (κ3) is 3.73. The SMILES string of the molecule is O=C(NCc1n[nH]c2c1CCCCC2)c1cn(C[C@@H]2CCCO2)nn1. The van der Waals surface area contributed by atoms with Crippen molar-refractivity contribution in [2.75, 3.05) is 6.61 Å². The van der Waals surface area contributed by atoms with Gasteiger partial charge in [-0.15, -0.1) is 5.10 Å². The quantitative estimate of drug-likeness (QED) is 0.799. The molecular formula is C17H24N6O2. The monoisotopic (exact) mass is 344 g/mol. The second-order valence-corrected chi connectivity index (χ2v) is 6.83. The summed E-state index contributed by atoms with van der Waals surface area (Å²) >= 11 is 0. The van der Waals surface area contributed by atoms with E-state index in [1.54, 1.807) is 10.9 Å². The minimum atomic E-state index is -0.219. The Hall–Kier alpha value is -2.22. The molecule has 134 valence electrons. The molecule has 0 unspecified atom stereocenters. The zero-order valence-electron chi connectivity index (χ0n) is 14.3. The van der Waals surface area contributed by atoms with Gasteiger partial charge in [0.1, 0.15) is 0 Å². The smallest absolute Gasteiger partial charge is 0.273 e. The van der Waals surface area contributed by atoms with Crippen molar-refractivity contribution in [2.24, 2.45) is 0 Å². The first-order chi connectivity index (χ1) is 12.3. The van der Waals surface area contributed by atoms with Crippen LogP contribution in [0.5, 0.6) is 0 Å². The van der Waals surface area contributed by atoms with Crippen LogP contribution in [0.2, 0.25) is 0 Å². The number of aromatic nitrogens is 5. The van der Waals surface area contributed by atoms with E-state index >= 15 is 0 Å². The topological polar surface area (TPSA) is 97.7 Å². The molecule has 2 N–H and O–H groups in total. The Bertz CT molecular complexity index is 731. The van der Waals surface area contributed by atoms with Gasteiger partial charge >= 0.3 is 0 Å². The Morgan fingerprint density at radius 1 is 1.32 bits per heavy atom. The van der Waals surface area contributed by atoms with E-state index in [-0.39, 0.29) is 12.0 Å². The number of nitrogens with zero attached hydrogens (tertiary/aromatic N) is 4. The zero-order chi connectivity index (χ0) is 17.1. The molecule has 1 aliphatic carbocycles. The van der Waals surface area contributed by atoms with Crippen LogP contribution in [0, 0.1) is 0 Å². The van der Waals surface area contributed by atoms with Gasteiger partial charge in [-0.3, -0.25) is 9.89 Å². The fourth-order valence-electron chi connectivity index (χ4n) is 3.62. The first-order valence-electron chi connectivity index (χ1n) is 9.14. The third-order valence-corrected chi connectivity index (χ3v) is 4.99. The first-order valence-corrected chi connectivity index (χ1v) is 9.14. The van der Waals surface area contributed by atoms with Crippen LogP contribution in [-0.4, -0.2) is 43.8 Å². The van der Waals surface area contributed by atoms with E-state index in [4.69, 9.17) is 4.74 Å². The molecule has 2 aliphatic rings. The molecule has 0 radical (unpaired) electrons. The van der Waals surface area contributed by atoms with E-state index in [0.717, 1.165) is 38.0 Å². The van der Waals surface area contributed by atoms with Crippen LogP contribution >= 0.6 is 0 Å². The summed E-state index contributed by atoms with van der Waals surface area (Å²) in [5, 5.41) is 18.4. The lowest BCUT2D eigenvalue weighted by molar-refractivity contribution is 0.0929. The van der Waals surface area contributed by atoms with Gasteiger partial charge in [0.05, 0.1) is 31.1 Å². The summed E-state index contributed by atoms with van der Waals surface area (Å²) in [6.07, 6.45) is 9.70. The maximum absolute atomic E-state index is 12.3. The van der Waals surface area contributed by atoms with Gasteiger partial charge in [-0.25, -0.2) is 4.68 Å². The highest BCUT2D eigenvalue weighted by Gasteiger charge is 2.19. The van der Waals surface area contributed by atoms with Crippen molar-refractivity contribution in [3.8, 4) is 0 Å². The predicted octanol–water partition coefficient (Wildman–Crippen LogP) is 1.38. The van der Waals surface area contributed by atoms with Gasteiger partial charge in [-0.05, 0) is 44.1 Å². The summed E-state index contributed by atoms with van der Waals surface area (Å²) in [5.41, 5.74) is 3.78. The van der Waals surface area contributed by atoms with Crippen LogP contribution in [-0.2, 0) is 30.7 Å². The number of aryl methyl sites for hydroxylation is 1. The van der Waals surface area contributed by atoms with Crippen LogP contribution in [0.1, 0.15) is 59.5 Å².